The first-order valence-electron chi connectivity index (χ1n) is 5.54. The van der Waals surface area contributed by atoms with Crippen LogP contribution >= 0.6 is 12.1 Å². The molecule has 1 aliphatic heterocycles. The summed E-state index contributed by atoms with van der Waals surface area (Å²) in [6.07, 6.45) is 6.31. The van der Waals surface area contributed by atoms with Gasteiger partial charge in [-0.15, -0.1) is 0 Å². The van der Waals surface area contributed by atoms with E-state index in [1.807, 2.05) is 24.1 Å². The number of anilines is 1. The zero-order valence-electron chi connectivity index (χ0n) is 9.83. The molecule has 0 aromatic carbocycles. The molecule has 1 unspecified atom stereocenters. The summed E-state index contributed by atoms with van der Waals surface area (Å²) < 4.78 is 3.98. The highest BCUT2D eigenvalue weighted by Gasteiger charge is 2.24. The molecule has 0 amide bonds. The zero-order valence-corrected chi connectivity index (χ0v) is 10.7. The first-order valence-corrected chi connectivity index (χ1v) is 6.37. The molecule has 2 rings (SSSR count). The van der Waals surface area contributed by atoms with Gasteiger partial charge in [0.2, 0.25) is 0 Å². The Labute approximate surface area is 101 Å². The Morgan fingerprint density at radius 1 is 1.56 bits per heavy atom. The molecule has 1 saturated heterocycles. The number of likely N-dealkylation sites (N-methyl/N-ethyl adjacent to an activating group) is 1. The molecule has 2 heterocycles. The lowest BCUT2D eigenvalue weighted by Crippen LogP contribution is -2.44. The predicted molar refractivity (Wildman–Crippen MR) is 68.0 cm³/mol. The fourth-order valence-electron chi connectivity index (χ4n) is 2.21. The minimum atomic E-state index is 0.484. The lowest BCUT2D eigenvalue weighted by Gasteiger charge is -2.36. The smallest absolute Gasteiger partial charge is 0.0865 e. The lowest BCUT2D eigenvalue weighted by molar-refractivity contribution is 0.254. The fraction of sp³-hybridized carbons (Fsp3) is 0.700. The minimum absolute atomic E-state index is 0.484. The van der Waals surface area contributed by atoms with Gasteiger partial charge in [0, 0.05) is 31.9 Å². The number of aryl methyl sites for hydroxylation is 1. The van der Waals surface area contributed by atoms with Crippen molar-refractivity contribution in [2.24, 2.45) is 12.2 Å². The highest BCUT2D eigenvalue weighted by molar-refractivity contribution is 7.98. The van der Waals surface area contributed by atoms with Gasteiger partial charge in [-0.1, -0.05) is 0 Å². The molecular formula is C10H19N5S. The van der Waals surface area contributed by atoms with Crippen molar-refractivity contribution in [2.45, 2.75) is 18.9 Å². The average molecular weight is 241 g/mol. The molecule has 1 atom stereocenters. The first-order chi connectivity index (χ1) is 7.70. The summed E-state index contributed by atoms with van der Waals surface area (Å²) in [6.45, 7) is 2.26. The summed E-state index contributed by atoms with van der Waals surface area (Å²) in [4.78, 5) is 2.35. The Hall–Kier alpha value is -0.720. The second kappa shape index (κ2) is 5.07. The second-order valence-electron chi connectivity index (χ2n) is 4.36. The first kappa shape index (κ1) is 11.8. The minimum Gasteiger partial charge on any atom is -0.304 e. The largest absolute Gasteiger partial charge is 0.304 e. The Kier molecular flexibility index (Phi) is 3.73. The molecule has 1 aromatic heterocycles. The monoisotopic (exact) mass is 241 g/mol. The predicted octanol–water partition coefficient (Wildman–Crippen LogP) is 0.843. The van der Waals surface area contributed by atoms with E-state index in [4.69, 9.17) is 5.14 Å². The lowest BCUT2D eigenvalue weighted by atomic mass is 10.1. The molecule has 0 radical (unpaired) electrons. The Balaban J connectivity index is 2.09. The van der Waals surface area contributed by atoms with Crippen LogP contribution in [0, 0.1) is 0 Å². The number of piperidine rings is 1. The highest BCUT2D eigenvalue weighted by atomic mass is 32.2. The van der Waals surface area contributed by atoms with E-state index in [1.54, 1.807) is 0 Å². The molecular weight excluding hydrogens is 222 g/mol. The van der Waals surface area contributed by atoms with Crippen molar-refractivity contribution in [1.29, 1.82) is 0 Å². The quantitative estimate of drug-likeness (QED) is 0.795. The molecule has 16 heavy (non-hydrogen) atoms. The van der Waals surface area contributed by atoms with Crippen molar-refractivity contribution in [1.82, 2.24) is 14.7 Å². The standard InChI is InChI=1S/C10H19N5S/c1-13-5-3-4-9(7-13)15(16-11)10-6-12-14(2)8-10/h6,8-9H,3-5,7,11H2,1-2H3. The molecule has 6 heteroatoms. The van der Waals surface area contributed by atoms with Gasteiger partial charge in [-0.2, -0.15) is 5.10 Å². The number of nitrogens with zero attached hydrogens (tertiary/aromatic N) is 4. The number of hydrogen-bond acceptors (Lipinski definition) is 5. The van der Waals surface area contributed by atoms with E-state index in [2.05, 4.69) is 21.4 Å². The van der Waals surface area contributed by atoms with Gasteiger partial charge in [-0.3, -0.25) is 14.1 Å². The number of nitrogens with two attached hydrogens (primary N) is 1. The van der Waals surface area contributed by atoms with Crippen molar-refractivity contribution >= 4 is 17.8 Å². The van der Waals surface area contributed by atoms with E-state index in [-0.39, 0.29) is 0 Å². The maximum atomic E-state index is 5.78. The fourth-order valence-corrected chi connectivity index (χ4v) is 2.77. The summed E-state index contributed by atoms with van der Waals surface area (Å²) >= 11 is 1.30. The Bertz CT molecular complexity index is 340. The number of hydrogen-bond donors (Lipinski definition) is 1. The van der Waals surface area contributed by atoms with Gasteiger partial charge in [0.25, 0.3) is 0 Å². The van der Waals surface area contributed by atoms with E-state index in [1.165, 1.54) is 31.5 Å². The molecule has 2 N–H and O–H groups in total. The second-order valence-corrected chi connectivity index (χ2v) is 4.97. The summed E-state index contributed by atoms with van der Waals surface area (Å²) in [7, 11) is 4.09. The highest BCUT2D eigenvalue weighted by Crippen LogP contribution is 2.26. The maximum Gasteiger partial charge on any atom is 0.0865 e. The van der Waals surface area contributed by atoms with Crippen LogP contribution in [0.1, 0.15) is 12.8 Å². The topological polar surface area (TPSA) is 50.3 Å². The van der Waals surface area contributed by atoms with Gasteiger partial charge in [-0.05, 0) is 26.4 Å². The van der Waals surface area contributed by atoms with Gasteiger partial charge < -0.3 is 4.90 Å². The van der Waals surface area contributed by atoms with Gasteiger partial charge >= 0.3 is 0 Å². The summed E-state index contributed by atoms with van der Waals surface area (Å²) in [5.41, 5.74) is 1.09. The molecule has 5 nitrogen and oxygen atoms in total. The third kappa shape index (κ3) is 2.50. The third-order valence-corrected chi connectivity index (χ3v) is 3.73. The van der Waals surface area contributed by atoms with Gasteiger partial charge in [0.05, 0.1) is 17.9 Å². The van der Waals surface area contributed by atoms with Crippen LogP contribution in [0.3, 0.4) is 0 Å². The van der Waals surface area contributed by atoms with Gasteiger partial charge in [0.15, 0.2) is 0 Å². The number of rotatable bonds is 3. The average Bonchev–Trinajstić information content (AvgIpc) is 2.66. The maximum absolute atomic E-state index is 5.78. The van der Waals surface area contributed by atoms with Crippen LogP contribution in [0.2, 0.25) is 0 Å². The van der Waals surface area contributed by atoms with E-state index < -0.39 is 0 Å². The molecule has 0 saturated carbocycles. The van der Waals surface area contributed by atoms with Gasteiger partial charge in [0.1, 0.15) is 0 Å². The third-order valence-electron chi connectivity index (χ3n) is 2.99. The van der Waals surface area contributed by atoms with E-state index in [0.717, 1.165) is 12.2 Å². The van der Waals surface area contributed by atoms with Crippen LogP contribution in [-0.2, 0) is 7.05 Å². The molecule has 1 fully saturated rings. The van der Waals surface area contributed by atoms with Crippen LogP contribution in [0.15, 0.2) is 12.4 Å². The van der Waals surface area contributed by atoms with E-state index in [9.17, 15) is 0 Å². The van der Waals surface area contributed by atoms with Crippen molar-refractivity contribution in [3.8, 4) is 0 Å². The molecule has 90 valence electrons. The summed E-state index contributed by atoms with van der Waals surface area (Å²) in [5.74, 6) is 0. The van der Waals surface area contributed by atoms with Crippen molar-refractivity contribution in [3.63, 3.8) is 0 Å². The van der Waals surface area contributed by atoms with Crippen molar-refractivity contribution < 1.29 is 0 Å². The number of likely N-dealkylation sites (tertiary alicyclic amines) is 1. The zero-order chi connectivity index (χ0) is 11.5. The van der Waals surface area contributed by atoms with E-state index >= 15 is 0 Å². The van der Waals surface area contributed by atoms with Crippen LogP contribution in [-0.4, -0.2) is 40.9 Å². The van der Waals surface area contributed by atoms with Crippen LogP contribution in [0.5, 0.6) is 0 Å². The number of aromatic nitrogens is 2. The van der Waals surface area contributed by atoms with Crippen LogP contribution in [0.4, 0.5) is 5.69 Å². The normalized spacial score (nSPS) is 22.3. The Morgan fingerprint density at radius 3 is 2.94 bits per heavy atom. The molecule has 0 bridgehead atoms. The SMILES string of the molecule is CN1CCCC(N(SN)c2cnn(C)c2)C1. The van der Waals surface area contributed by atoms with Gasteiger partial charge in [-0.25, -0.2) is 0 Å². The summed E-state index contributed by atoms with van der Waals surface area (Å²) in [6, 6.07) is 0.484. The van der Waals surface area contributed by atoms with Crippen molar-refractivity contribution in [2.75, 3.05) is 24.4 Å². The van der Waals surface area contributed by atoms with Crippen LogP contribution in [0.25, 0.3) is 0 Å². The van der Waals surface area contributed by atoms with E-state index in [0.29, 0.717) is 6.04 Å². The molecule has 1 aliphatic rings. The van der Waals surface area contributed by atoms with Crippen LogP contribution < -0.4 is 9.44 Å². The molecule has 1 aromatic rings. The summed E-state index contributed by atoms with van der Waals surface area (Å²) in [5, 5.41) is 9.97. The Morgan fingerprint density at radius 2 is 2.38 bits per heavy atom. The molecule has 0 spiro atoms. The molecule has 0 aliphatic carbocycles. The van der Waals surface area contributed by atoms with Crippen molar-refractivity contribution in [3.05, 3.63) is 12.4 Å².